The second kappa shape index (κ2) is 11.7. The van der Waals surface area contributed by atoms with Crippen LogP contribution in [0.5, 0.6) is 0 Å². The van der Waals surface area contributed by atoms with Gasteiger partial charge in [0.1, 0.15) is 6.04 Å². The summed E-state index contributed by atoms with van der Waals surface area (Å²) in [4.78, 5) is 27.5. The van der Waals surface area contributed by atoms with Gasteiger partial charge in [0.15, 0.2) is 0 Å². The maximum absolute atomic E-state index is 13.4. The number of thiophene rings is 1. The zero-order valence-corrected chi connectivity index (χ0v) is 19.7. The van der Waals surface area contributed by atoms with Gasteiger partial charge in [-0.1, -0.05) is 36.4 Å². The van der Waals surface area contributed by atoms with Gasteiger partial charge >= 0.3 is 0 Å². The van der Waals surface area contributed by atoms with E-state index < -0.39 is 11.5 Å². The molecular formula is C24H32N2O3S2. The van der Waals surface area contributed by atoms with Crippen LogP contribution in [0.25, 0.3) is 0 Å². The molecule has 0 spiro atoms. The molecule has 0 radical (unpaired) electrons. The van der Waals surface area contributed by atoms with Crippen LogP contribution in [-0.4, -0.2) is 36.3 Å². The van der Waals surface area contributed by atoms with Crippen LogP contribution < -0.4 is 10.6 Å². The zero-order chi connectivity index (χ0) is 22.1. The first-order chi connectivity index (χ1) is 15.1. The quantitative estimate of drug-likeness (QED) is 0.470. The number of carbonyl (C=O) groups excluding carboxylic acids is 2. The summed E-state index contributed by atoms with van der Waals surface area (Å²) in [7, 11) is 0. The van der Waals surface area contributed by atoms with E-state index in [1.807, 2.05) is 54.8 Å². The first-order valence-corrected chi connectivity index (χ1v) is 12.4. The van der Waals surface area contributed by atoms with Gasteiger partial charge in [-0.15, -0.1) is 11.3 Å². The van der Waals surface area contributed by atoms with Crippen molar-refractivity contribution in [2.24, 2.45) is 5.41 Å². The predicted molar refractivity (Wildman–Crippen MR) is 128 cm³/mol. The van der Waals surface area contributed by atoms with E-state index in [1.165, 1.54) is 0 Å². The molecular weight excluding hydrogens is 428 g/mol. The summed E-state index contributed by atoms with van der Waals surface area (Å²) in [6.07, 6.45) is 3.79. The first-order valence-electron chi connectivity index (χ1n) is 10.9. The highest BCUT2D eigenvalue weighted by Crippen LogP contribution is 2.38. The van der Waals surface area contributed by atoms with Crippen LogP contribution >= 0.6 is 24.0 Å². The maximum Gasteiger partial charge on any atom is 0.243 e. The minimum atomic E-state index is -0.628. The molecule has 2 aromatic rings. The molecule has 0 unspecified atom stereocenters. The molecule has 1 aromatic carbocycles. The minimum absolute atomic E-state index is 0.0790. The van der Waals surface area contributed by atoms with Gasteiger partial charge in [-0.25, -0.2) is 0 Å². The Balaban J connectivity index is 1.68. The molecule has 1 saturated carbocycles. The third-order valence-corrected chi connectivity index (χ3v) is 7.48. The lowest BCUT2D eigenvalue weighted by atomic mass is 9.73. The normalized spacial score (nSPS) is 21.9. The topological polar surface area (TPSA) is 67.4 Å². The fraction of sp³-hybridized carbons (Fsp3) is 0.500. The fourth-order valence-electron chi connectivity index (χ4n) is 4.08. The van der Waals surface area contributed by atoms with Crippen LogP contribution in [0.4, 0.5) is 0 Å². The molecule has 1 atom stereocenters. The SMILES string of the molecule is CCO[C@H]1CC[C@@](CS)(C(=O)N[C@@H](Cc2ccccc2)C(=O)NCc2cccs2)CC1. The number of rotatable bonds is 10. The minimum Gasteiger partial charge on any atom is -0.379 e. The number of thiol groups is 1. The molecule has 1 fully saturated rings. The van der Waals surface area contributed by atoms with Gasteiger partial charge in [-0.3, -0.25) is 9.59 Å². The highest BCUT2D eigenvalue weighted by Gasteiger charge is 2.42. The molecule has 0 aliphatic heterocycles. The summed E-state index contributed by atoms with van der Waals surface area (Å²) in [6, 6.07) is 13.1. The molecule has 2 N–H and O–H groups in total. The van der Waals surface area contributed by atoms with E-state index in [4.69, 9.17) is 4.74 Å². The van der Waals surface area contributed by atoms with Gasteiger partial charge in [0.05, 0.1) is 18.1 Å². The standard InChI is InChI=1S/C24H32N2O3S2/c1-2-29-19-10-12-24(17-30,13-11-19)23(28)26-21(15-18-7-4-3-5-8-18)22(27)25-16-20-9-6-14-31-20/h3-9,14,19,21,30H,2,10-13,15-17H2,1H3,(H,25,27)(H,26,28)/t19-,21-,24+/m0/s1. The average molecular weight is 461 g/mol. The Morgan fingerprint density at radius 1 is 1.19 bits per heavy atom. The molecule has 0 bridgehead atoms. The highest BCUT2D eigenvalue weighted by molar-refractivity contribution is 7.80. The first kappa shape index (κ1) is 23.8. The number of amides is 2. The molecule has 1 aliphatic carbocycles. The summed E-state index contributed by atoms with van der Waals surface area (Å²) >= 11 is 6.13. The van der Waals surface area contributed by atoms with E-state index in [0.717, 1.165) is 36.1 Å². The van der Waals surface area contributed by atoms with Crippen LogP contribution in [0.1, 0.15) is 43.0 Å². The van der Waals surface area contributed by atoms with Crippen molar-refractivity contribution in [2.45, 2.75) is 57.7 Å². The van der Waals surface area contributed by atoms with Crippen molar-refractivity contribution >= 4 is 35.8 Å². The van der Waals surface area contributed by atoms with Crippen LogP contribution in [0.3, 0.4) is 0 Å². The van der Waals surface area contributed by atoms with E-state index in [-0.39, 0.29) is 17.9 Å². The van der Waals surface area contributed by atoms with Crippen molar-refractivity contribution in [1.29, 1.82) is 0 Å². The van der Waals surface area contributed by atoms with Gasteiger partial charge in [0.25, 0.3) is 0 Å². The fourth-order valence-corrected chi connectivity index (χ4v) is 5.19. The third kappa shape index (κ3) is 6.57. The number of hydrogen-bond acceptors (Lipinski definition) is 5. The number of ether oxygens (including phenoxy) is 1. The van der Waals surface area contributed by atoms with Gasteiger partial charge in [0.2, 0.25) is 11.8 Å². The monoisotopic (exact) mass is 460 g/mol. The van der Waals surface area contributed by atoms with E-state index in [2.05, 4.69) is 23.3 Å². The zero-order valence-electron chi connectivity index (χ0n) is 18.0. The lowest BCUT2D eigenvalue weighted by molar-refractivity contribution is -0.137. The van der Waals surface area contributed by atoms with Crippen LogP contribution in [-0.2, 0) is 27.3 Å². The summed E-state index contributed by atoms with van der Waals surface area (Å²) in [5.41, 5.74) is 0.457. The molecule has 168 valence electrons. The second-order valence-electron chi connectivity index (χ2n) is 8.11. The molecule has 31 heavy (non-hydrogen) atoms. The highest BCUT2D eigenvalue weighted by atomic mass is 32.1. The molecule has 1 aromatic heterocycles. The van der Waals surface area contributed by atoms with Crippen molar-refractivity contribution in [2.75, 3.05) is 12.4 Å². The third-order valence-electron chi connectivity index (χ3n) is 6.00. The lowest BCUT2D eigenvalue weighted by Gasteiger charge is -2.38. The predicted octanol–water partition coefficient (Wildman–Crippen LogP) is 3.99. The molecule has 1 heterocycles. The molecule has 0 saturated heterocycles. The van der Waals surface area contributed by atoms with E-state index >= 15 is 0 Å². The molecule has 1 aliphatic rings. The molecule has 2 amide bonds. The van der Waals surface area contributed by atoms with E-state index in [1.54, 1.807) is 11.3 Å². The Hall–Kier alpha value is -1.83. The van der Waals surface area contributed by atoms with Crippen LogP contribution in [0, 0.1) is 5.41 Å². The Morgan fingerprint density at radius 2 is 1.94 bits per heavy atom. The van der Waals surface area contributed by atoms with Gasteiger partial charge < -0.3 is 15.4 Å². The van der Waals surface area contributed by atoms with Gasteiger partial charge in [-0.05, 0) is 49.6 Å². The summed E-state index contributed by atoms with van der Waals surface area (Å²) in [5, 5.41) is 8.04. The largest absolute Gasteiger partial charge is 0.379 e. The molecule has 7 heteroatoms. The van der Waals surface area contributed by atoms with Crippen molar-refractivity contribution < 1.29 is 14.3 Å². The number of nitrogens with one attached hydrogen (secondary N) is 2. The second-order valence-corrected chi connectivity index (χ2v) is 9.45. The summed E-state index contributed by atoms with van der Waals surface area (Å²) in [6.45, 7) is 3.15. The maximum atomic E-state index is 13.4. The smallest absolute Gasteiger partial charge is 0.243 e. The van der Waals surface area contributed by atoms with Crippen LogP contribution in [0.2, 0.25) is 0 Å². The van der Waals surface area contributed by atoms with Gasteiger partial charge in [0, 0.05) is 23.7 Å². The van der Waals surface area contributed by atoms with Gasteiger partial charge in [-0.2, -0.15) is 12.6 Å². The molecule has 3 rings (SSSR count). The van der Waals surface area contributed by atoms with Crippen molar-refractivity contribution in [3.63, 3.8) is 0 Å². The number of hydrogen-bond donors (Lipinski definition) is 3. The van der Waals surface area contributed by atoms with Crippen molar-refractivity contribution in [3.8, 4) is 0 Å². The van der Waals surface area contributed by atoms with Crippen LogP contribution in [0.15, 0.2) is 47.8 Å². The summed E-state index contributed by atoms with van der Waals surface area (Å²) in [5.74, 6) is 0.222. The Kier molecular flexibility index (Phi) is 8.99. The van der Waals surface area contributed by atoms with E-state index in [9.17, 15) is 9.59 Å². The lowest BCUT2D eigenvalue weighted by Crippen LogP contribution is -2.54. The average Bonchev–Trinajstić information content (AvgIpc) is 3.32. The van der Waals surface area contributed by atoms with Crippen molar-refractivity contribution in [3.05, 3.63) is 58.3 Å². The van der Waals surface area contributed by atoms with Crippen molar-refractivity contribution in [1.82, 2.24) is 10.6 Å². The van der Waals surface area contributed by atoms with E-state index in [0.29, 0.717) is 25.3 Å². The Morgan fingerprint density at radius 3 is 2.55 bits per heavy atom. The number of carbonyl (C=O) groups is 2. The molecule has 5 nitrogen and oxygen atoms in total. The Bertz CT molecular complexity index is 819. The number of benzene rings is 1. The summed E-state index contributed by atoms with van der Waals surface area (Å²) < 4.78 is 5.75. The Labute approximate surface area is 194 Å².